The van der Waals surface area contributed by atoms with E-state index in [2.05, 4.69) is 4.90 Å². The summed E-state index contributed by atoms with van der Waals surface area (Å²) in [6.07, 6.45) is 3.27. The Hall–Kier alpha value is -2.60. The molecule has 0 heterocycles. The number of ether oxygens (including phenoxy) is 3. The van der Waals surface area contributed by atoms with Gasteiger partial charge < -0.3 is 14.2 Å². The van der Waals surface area contributed by atoms with Gasteiger partial charge in [-0.2, -0.15) is 0 Å². The Kier molecular flexibility index (Phi) is 7.47. The highest BCUT2D eigenvalue weighted by Crippen LogP contribution is 2.31. The number of hydrogen-bond donors (Lipinski definition) is 0. The second kappa shape index (κ2) is 10.3. The molecule has 0 amide bonds. The molecule has 3 rings (SSSR count). The first-order valence-corrected chi connectivity index (χ1v) is 9.90. The lowest BCUT2D eigenvalue weighted by Gasteiger charge is -2.21. The molecule has 2 aromatic carbocycles. The van der Waals surface area contributed by atoms with E-state index in [9.17, 15) is 9.18 Å². The molecule has 0 aliphatic heterocycles. The van der Waals surface area contributed by atoms with Crippen LogP contribution < -0.4 is 9.47 Å². The molecule has 0 bridgehead atoms. The molecule has 0 unspecified atom stereocenters. The highest BCUT2D eigenvalue weighted by atomic mass is 19.1. The van der Waals surface area contributed by atoms with E-state index >= 15 is 0 Å². The molecule has 1 saturated carbocycles. The topological polar surface area (TPSA) is 48.0 Å². The van der Waals surface area contributed by atoms with Crippen LogP contribution >= 0.6 is 0 Å². The van der Waals surface area contributed by atoms with Crippen molar-refractivity contribution in [3.63, 3.8) is 0 Å². The zero-order valence-corrected chi connectivity index (χ0v) is 17.0. The first kappa shape index (κ1) is 21.1. The number of benzene rings is 2. The van der Waals surface area contributed by atoms with Crippen LogP contribution in [0.25, 0.3) is 0 Å². The smallest absolute Gasteiger partial charge is 0.319 e. The molecule has 6 heteroatoms. The third-order valence-corrected chi connectivity index (χ3v) is 5.02. The van der Waals surface area contributed by atoms with E-state index in [1.807, 2.05) is 24.3 Å². The lowest BCUT2D eigenvalue weighted by atomic mass is 10.1. The minimum atomic E-state index is -0.281. The van der Waals surface area contributed by atoms with Crippen LogP contribution in [0.4, 0.5) is 4.39 Å². The molecule has 1 aliphatic carbocycles. The minimum absolute atomic E-state index is 0.204. The Balaban J connectivity index is 1.58. The molecule has 29 heavy (non-hydrogen) atoms. The molecule has 0 saturated heterocycles. The first-order valence-electron chi connectivity index (χ1n) is 9.90. The molecule has 0 radical (unpaired) electrons. The van der Waals surface area contributed by atoms with Crippen molar-refractivity contribution < 1.29 is 23.4 Å². The summed E-state index contributed by atoms with van der Waals surface area (Å²) < 4.78 is 29.4. The van der Waals surface area contributed by atoms with Crippen molar-refractivity contribution >= 4 is 5.97 Å². The zero-order valence-electron chi connectivity index (χ0n) is 17.0. The summed E-state index contributed by atoms with van der Waals surface area (Å²) in [6, 6.07) is 12.2. The number of carbonyl (C=O) groups excluding carboxylic acids is 1. The highest BCUT2D eigenvalue weighted by molar-refractivity contribution is 5.71. The van der Waals surface area contributed by atoms with Crippen LogP contribution in [0, 0.1) is 11.7 Å². The van der Waals surface area contributed by atoms with E-state index in [0.717, 1.165) is 30.6 Å². The highest BCUT2D eigenvalue weighted by Gasteiger charge is 2.25. The van der Waals surface area contributed by atoms with Crippen molar-refractivity contribution in [1.29, 1.82) is 0 Å². The van der Waals surface area contributed by atoms with Crippen molar-refractivity contribution in [2.45, 2.75) is 25.9 Å². The Morgan fingerprint density at radius 1 is 1.10 bits per heavy atom. The number of carbonyl (C=O) groups is 1. The third-order valence-electron chi connectivity index (χ3n) is 5.02. The van der Waals surface area contributed by atoms with Gasteiger partial charge in [-0.3, -0.25) is 9.69 Å². The molecule has 0 aromatic heterocycles. The second-order valence-electron chi connectivity index (χ2n) is 7.41. The lowest BCUT2D eigenvalue weighted by Crippen LogP contribution is -2.34. The SMILES string of the molecule is COC(=O)CN(CCc1ccc(OCc2cccc(F)c2)c(OC)c1)CC1CC1. The number of rotatable bonds is 11. The van der Waals surface area contributed by atoms with Crippen LogP contribution in [0.3, 0.4) is 0 Å². The van der Waals surface area contributed by atoms with Gasteiger partial charge in [0.2, 0.25) is 0 Å². The molecule has 5 nitrogen and oxygen atoms in total. The van der Waals surface area contributed by atoms with Crippen LogP contribution in [-0.4, -0.2) is 44.7 Å². The molecule has 2 aromatic rings. The van der Waals surface area contributed by atoms with Gasteiger partial charge in [-0.15, -0.1) is 0 Å². The normalized spacial score (nSPS) is 13.4. The maximum absolute atomic E-state index is 13.3. The van der Waals surface area contributed by atoms with E-state index in [-0.39, 0.29) is 18.4 Å². The van der Waals surface area contributed by atoms with Crippen molar-refractivity contribution in [2.75, 3.05) is 33.9 Å². The summed E-state index contributed by atoms with van der Waals surface area (Å²) in [5, 5.41) is 0. The summed E-state index contributed by atoms with van der Waals surface area (Å²) in [5.41, 5.74) is 1.86. The molecular formula is C23H28FNO4. The van der Waals surface area contributed by atoms with Crippen molar-refractivity contribution in [2.24, 2.45) is 5.92 Å². The van der Waals surface area contributed by atoms with Crippen LogP contribution in [0.15, 0.2) is 42.5 Å². The number of methoxy groups -OCH3 is 2. The summed E-state index contributed by atoms with van der Waals surface area (Å²) in [5.74, 6) is 1.47. The van der Waals surface area contributed by atoms with Gasteiger partial charge in [0.1, 0.15) is 12.4 Å². The Morgan fingerprint density at radius 2 is 1.93 bits per heavy atom. The second-order valence-corrected chi connectivity index (χ2v) is 7.41. The van der Waals surface area contributed by atoms with Gasteiger partial charge in [0.15, 0.2) is 11.5 Å². The summed E-state index contributed by atoms with van der Waals surface area (Å²) in [4.78, 5) is 13.8. The van der Waals surface area contributed by atoms with Crippen LogP contribution in [0.2, 0.25) is 0 Å². The van der Waals surface area contributed by atoms with Crippen LogP contribution in [0.5, 0.6) is 11.5 Å². The third kappa shape index (κ3) is 6.75. The maximum atomic E-state index is 13.3. The van der Waals surface area contributed by atoms with Crippen LogP contribution in [0.1, 0.15) is 24.0 Å². The standard InChI is InChI=1S/C23H28FNO4/c1-27-22-13-17(10-11-25(14-18-6-7-18)15-23(26)28-2)8-9-21(22)29-16-19-4-3-5-20(24)12-19/h3-5,8-9,12-13,18H,6-7,10-11,14-16H2,1-2H3. The van der Waals surface area contributed by atoms with Crippen molar-refractivity contribution in [3.05, 3.63) is 59.4 Å². The first-order chi connectivity index (χ1) is 14.1. The van der Waals surface area contributed by atoms with Gasteiger partial charge in [-0.05, 0) is 60.6 Å². The number of halogens is 1. The summed E-state index contributed by atoms with van der Waals surface area (Å²) in [6.45, 7) is 2.29. The number of hydrogen-bond acceptors (Lipinski definition) is 5. The average molecular weight is 401 g/mol. The lowest BCUT2D eigenvalue weighted by molar-refractivity contribution is -0.142. The number of esters is 1. The van der Waals surface area contributed by atoms with Gasteiger partial charge in [-0.1, -0.05) is 18.2 Å². The zero-order chi connectivity index (χ0) is 20.6. The fraction of sp³-hybridized carbons (Fsp3) is 0.435. The molecule has 0 spiro atoms. The molecular weight excluding hydrogens is 373 g/mol. The van der Waals surface area contributed by atoms with Gasteiger partial charge in [0.25, 0.3) is 0 Å². The van der Waals surface area contributed by atoms with Gasteiger partial charge in [-0.25, -0.2) is 4.39 Å². The van der Waals surface area contributed by atoms with E-state index in [4.69, 9.17) is 14.2 Å². The minimum Gasteiger partial charge on any atom is -0.493 e. The number of nitrogens with zero attached hydrogens (tertiary/aromatic N) is 1. The predicted octanol–water partition coefficient (Wildman–Crippen LogP) is 3.84. The van der Waals surface area contributed by atoms with E-state index in [1.54, 1.807) is 13.2 Å². The van der Waals surface area contributed by atoms with Gasteiger partial charge in [0, 0.05) is 13.1 Å². The van der Waals surface area contributed by atoms with Crippen LogP contribution in [-0.2, 0) is 22.6 Å². The van der Waals surface area contributed by atoms with E-state index in [0.29, 0.717) is 24.0 Å². The van der Waals surface area contributed by atoms with E-state index in [1.165, 1.54) is 32.1 Å². The largest absolute Gasteiger partial charge is 0.493 e. The Labute approximate surface area is 171 Å². The average Bonchev–Trinajstić information content (AvgIpc) is 3.54. The predicted molar refractivity (Wildman–Crippen MR) is 109 cm³/mol. The molecule has 0 N–H and O–H groups in total. The van der Waals surface area contributed by atoms with E-state index < -0.39 is 0 Å². The van der Waals surface area contributed by atoms with Crippen molar-refractivity contribution in [1.82, 2.24) is 4.90 Å². The quantitative estimate of drug-likeness (QED) is 0.536. The Bertz CT molecular complexity index is 822. The molecule has 1 fully saturated rings. The van der Waals surface area contributed by atoms with Gasteiger partial charge in [0.05, 0.1) is 20.8 Å². The molecule has 1 aliphatic rings. The molecule has 0 atom stereocenters. The fourth-order valence-corrected chi connectivity index (χ4v) is 3.21. The fourth-order valence-electron chi connectivity index (χ4n) is 3.21. The van der Waals surface area contributed by atoms with Crippen molar-refractivity contribution in [3.8, 4) is 11.5 Å². The maximum Gasteiger partial charge on any atom is 0.319 e. The van der Waals surface area contributed by atoms with Gasteiger partial charge >= 0.3 is 5.97 Å². The molecule has 156 valence electrons. The summed E-state index contributed by atoms with van der Waals surface area (Å²) in [7, 11) is 3.02. The summed E-state index contributed by atoms with van der Waals surface area (Å²) >= 11 is 0. The monoisotopic (exact) mass is 401 g/mol. The Morgan fingerprint density at radius 3 is 2.62 bits per heavy atom.